The van der Waals surface area contributed by atoms with E-state index in [1.807, 2.05) is 35.2 Å². The Kier molecular flexibility index (Phi) is 4.47. The molecule has 0 radical (unpaired) electrons. The summed E-state index contributed by atoms with van der Waals surface area (Å²) in [4.78, 5) is 17.5. The number of hydrogen-bond donors (Lipinski definition) is 0. The van der Waals surface area contributed by atoms with Gasteiger partial charge in [0.25, 0.3) is 5.91 Å². The Morgan fingerprint density at radius 3 is 2.73 bits per heavy atom. The molecule has 2 aliphatic heterocycles. The van der Waals surface area contributed by atoms with Crippen LogP contribution in [-0.4, -0.2) is 53.1 Å². The Morgan fingerprint density at radius 2 is 2.05 bits per heavy atom. The number of carbonyl (C=O) groups is 1. The Labute approximate surface area is 138 Å². The molecule has 1 aromatic carbocycles. The number of thioether (sulfide) groups is 1. The van der Waals surface area contributed by atoms with Crippen LogP contribution < -0.4 is 0 Å². The first kappa shape index (κ1) is 15.8. The molecule has 0 aliphatic carbocycles. The van der Waals surface area contributed by atoms with Gasteiger partial charge in [-0.1, -0.05) is 42.1 Å². The fourth-order valence-electron chi connectivity index (χ4n) is 2.74. The lowest BCUT2D eigenvalue weighted by Crippen LogP contribution is -2.37. The SMILES string of the molecule is O=C(CCl)N=C1S[C@@H]2CS(=O)(=O)C[C@@H]2N1Cc1ccccc1. The molecule has 2 saturated heterocycles. The maximum absolute atomic E-state index is 11.9. The molecule has 2 aliphatic rings. The number of aliphatic imine (C=N–C) groups is 1. The van der Waals surface area contributed by atoms with E-state index >= 15 is 0 Å². The second-order valence-electron chi connectivity index (χ2n) is 5.34. The van der Waals surface area contributed by atoms with Crippen LogP contribution in [0, 0.1) is 0 Å². The predicted octanol–water partition coefficient (Wildman–Crippen LogP) is 1.52. The van der Waals surface area contributed by atoms with Crippen LogP contribution in [-0.2, 0) is 21.2 Å². The number of sulfone groups is 1. The molecule has 2 heterocycles. The van der Waals surface area contributed by atoms with Crippen LogP contribution in [0.4, 0.5) is 0 Å². The van der Waals surface area contributed by atoms with E-state index in [-0.39, 0.29) is 28.7 Å². The summed E-state index contributed by atoms with van der Waals surface area (Å²) >= 11 is 6.90. The highest BCUT2D eigenvalue weighted by atomic mass is 35.5. The van der Waals surface area contributed by atoms with E-state index in [4.69, 9.17) is 11.6 Å². The molecule has 118 valence electrons. The molecule has 22 heavy (non-hydrogen) atoms. The van der Waals surface area contributed by atoms with Crippen molar-refractivity contribution in [3.05, 3.63) is 35.9 Å². The monoisotopic (exact) mass is 358 g/mol. The van der Waals surface area contributed by atoms with Crippen molar-refractivity contribution in [3.63, 3.8) is 0 Å². The maximum atomic E-state index is 11.9. The van der Waals surface area contributed by atoms with E-state index in [1.54, 1.807) is 0 Å². The Morgan fingerprint density at radius 1 is 1.32 bits per heavy atom. The van der Waals surface area contributed by atoms with Crippen molar-refractivity contribution in [1.82, 2.24) is 4.90 Å². The number of carbonyl (C=O) groups excluding carboxylic acids is 1. The van der Waals surface area contributed by atoms with Gasteiger partial charge in [0.1, 0.15) is 5.88 Å². The molecule has 5 nitrogen and oxygen atoms in total. The van der Waals surface area contributed by atoms with E-state index in [0.29, 0.717) is 11.7 Å². The summed E-state index contributed by atoms with van der Waals surface area (Å²) in [5.41, 5.74) is 1.05. The molecule has 0 aromatic heterocycles. The van der Waals surface area contributed by atoms with Crippen LogP contribution in [0.15, 0.2) is 35.3 Å². The van der Waals surface area contributed by atoms with E-state index in [0.717, 1.165) is 5.56 Å². The topological polar surface area (TPSA) is 66.8 Å². The van der Waals surface area contributed by atoms with E-state index < -0.39 is 15.7 Å². The van der Waals surface area contributed by atoms with Gasteiger partial charge in [-0.2, -0.15) is 4.99 Å². The number of rotatable bonds is 3. The van der Waals surface area contributed by atoms with Gasteiger partial charge in [-0.05, 0) is 5.56 Å². The zero-order chi connectivity index (χ0) is 15.7. The van der Waals surface area contributed by atoms with Crippen LogP contribution in [0.3, 0.4) is 0 Å². The van der Waals surface area contributed by atoms with Crippen molar-refractivity contribution in [3.8, 4) is 0 Å². The summed E-state index contributed by atoms with van der Waals surface area (Å²) < 4.78 is 23.7. The number of nitrogens with zero attached hydrogens (tertiary/aromatic N) is 2. The van der Waals surface area contributed by atoms with E-state index in [1.165, 1.54) is 11.8 Å². The van der Waals surface area contributed by atoms with Crippen molar-refractivity contribution in [1.29, 1.82) is 0 Å². The lowest BCUT2D eigenvalue weighted by Gasteiger charge is -2.24. The van der Waals surface area contributed by atoms with Gasteiger partial charge in [0.2, 0.25) is 0 Å². The first-order valence-electron chi connectivity index (χ1n) is 6.83. The predicted molar refractivity (Wildman–Crippen MR) is 89.0 cm³/mol. The highest BCUT2D eigenvalue weighted by molar-refractivity contribution is 8.15. The van der Waals surface area contributed by atoms with Gasteiger partial charge in [-0.15, -0.1) is 11.6 Å². The molecule has 3 rings (SSSR count). The van der Waals surface area contributed by atoms with Crippen molar-refractivity contribution in [2.75, 3.05) is 17.4 Å². The second kappa shape index (κ2) is 6.22. The van der Waals surface area contributed by atoms with Gasteiger partial charge < -0.3 is 4.90 Å². The summed E-state index contributed by atoms with van der Waals surface area (Å²) in [5.74, 6) is -0.311. The molecule has 0 bridgehead atoms. The standard InChI is InChI=1S/C14H15ClN2O3S2/c15-6-13(18)16-14-17(7-10-4-2-1-3-5-10)11-8-22(19,20)9-12(11)21-14/h1-5,11-12H,6-9H2/t11-,12+/m0/s1. The average Bonchev–Trinajstić information content (AvgIpc) is 2.93. The van der Waals surface area contributed by atoms with Crippen molar-refractivity contribution >= 4 is 44.3 Å². The average molecular weight is 359 g/mol. The third-order valence-electron chi connectivity index (χ3n) is 3.71. The molecule has 1 amide bonds. The van der Waals surface area contributed by atoms with Crippen LogP contribution in [0.25, 0.3) is 0 Å². The zero-order valence-electron chi connectivity index (χ0n) is 11.7. The van der Waals surface area contributed by atoms with E-state index in [2.05, 4.69) is 4.99 Å². The van der Waals surface area contributed by atoms with Gasteiger partial charge in [0.05, 0.1) is 17.5 Å². The minimum atomic E-state index is -3.02. The van der Waals surface area contributed by atoms with Crippen molar-refractivity contribution in [2.24, 2.45) is 4.99 Å². The first-order valence-corrected chi connectivity index (χ1v) is 10.1. The number of alkyl halides is 1. The minimum absolute atomic E-state index is 0.0596. The van der Waals surface area contributed by atoms with Crippen molar-refractivity contribution in [2.45, 2.75) is 17.8 Å². The van der Waals surface area contributed by atoms with Gasteiger partial charge >= 0.3 is 0 Å². The number of fused-ring (bicyclic) bond motifs is 1. The van der Waals surface area contributed by atoms with Gasteiger partial charge in [-0.3, -0.25) is 4.79 Å². The minimum Gasteiger partial charge on any atom is -0.342 e. The molecule has 0 unspecified atom stereocenters. The molecular weight excluding hydrogens is 344 g/mol. The second-order valence-corrected chi connectivity index (χ2v) is 8.96. The van der Waals surface area contributed by atoms with Crippen LogP contribution >= 0.6 is 23.4 Å². The molecule has 0 spiro atoms. The largest absolute Gasteiger partial charge is 0.342 e. The lowest BCUT2D eigenvalue weighted by molar-refractivity contribution is -0.115. The summed E-state index contributed by atoms with van der Waals surface area (Å²) in [5, 5.41) is 0.523. The Balaban J connectivity index is 1.89. The Hall–Kier alpha value is -1.05. The smallest absolute Gasteiger partial charge is 0.262 e. The molecule has 0 N–H and O–H groups in total. The summed E-state index contributed by atoms with van der Waals surface area (Å²) in [6, 6.07) is 9.61. The Bertz CT molecular complexity index is 706. The molecule has 8 heteroatoms. The summed E-state index contributed by atoms with van der Waals surface area (Å²) in [6.07, 6.45) is 0. The fraction of sp³-hybridized carbons (Fsp3) is 0.429. The number of benzene rings is 1. The highest BCUT2D eigenvalue weighted by Crippen LogP contribution is 2.38. The summed E-state index contributed by atoms with van der Waals surface area (Å²) in [6.45, 7) is 0.541. The van der Waals surface area contributed by atoms with Crippen LogP contribution in [0.1, 0.15) is 5.56 Å². The lowest BCUT2D eigenvalue weighted by atomic mass is 10.1. The molecule has 0 saturated carbocycles. The van der Waals surface area contributed by atoms with Gasteiger partial charge in [-0.25, -0.2) is 8.42 Å². The number of hydrogen-bond acceptors (Lipinski definition) is 4. The highest BCUT2D eigenvalue weighted by Gasteiger charge is 2.48. The fourth-order valence-corrected chi connectivity index (χ4v) is 6.77. The third kappa shape index (κ3) is 3.31. The maximum Gasteiger partial charge on any atom is 0.262 e. The molecule has 2 atom stereocenters. The molecular formula is C14H15ClN2O3S2. The number of amides is 1. The first-order chi connectivity index (χ1) is 10.5. The summed E-state index contributed by atoms with van der Waals surface area (Å²) in [7, 11) is -3.02. The van der Waals surface area contributed by atoms with Gasteiger partial charge in [0.15, 0.2) is 15.0 Å². The van der Waals surface area contributed by atoms with Crippen LogP contribution in [0.2, 0.25) is 0 Å². The van der Waals surface area contributed by atoms with Crippen molar-refractivity contribution < 1.29 is 13.2 Å². The van der Waals surface area contributed by atoms with E-state index in [9.17, 15) is 13.2 Å². The molecule has 1 aromatic rings. The number of halogens is 1. The number of amidine groups is 1. The quantitative estimate of drug-likeness (QED) is 0.766. The normalized spacial score (nSPS) is 28.0. The zero-order valence-corrected chi connectivity index (χ0v) is 14.1. The third-order valence-corrected chi connectivity index (χ3v) is 7.18. The van der Waals surface area contributed by atoms with Gasteiger partial charge in [0, 0.05) is 11.8 Å². The van der Waals surface area contributed by atoms with Crippen LogP contribution in [0.5, 0.6) is 0 Å². The molecule has 2 fully saturated rings.